The van der Waals surface area contributed by atoms with Crippen LogP contribution >= 0.6 is 11.6 Å². The van der Waals surface area contributed by atoms with E-state index in [4.69, 9.17) is 11.6 Å². The van der Waals surface area contributed by atoms with Crippen LogP contribution in [0.15, 0.2) is 60.3 Å². The number of amides is 2. The molecule has 0 radical (unpaired) electrons. The molecule has 0 unspecified atom stereocenters. The van der Waals surface area contributed by atoms with E-state index in [1.54, 1.807) is 37.3 Å². The number of anilines is 2. The second kappa shape index (κ2) is 8.20. The lowest BCUT2D eigenvalue weighted by Gasteiger charge is -2.16. The van der Waals surface area contributed by atoms with Gasteiger partial charge in [0, 0.05) is 16.8 Å². The second-order valence-electron chi connectivity index (χ2n) is 7.63. The van der Waals surface area contributed by atoms with Gasteiger partial charge in [-0.1, -0.05) is 35.9 Å². The fourth-order valence-electron chi connectivity index (χ4n) is 3.56. The molecule has 32 heavy (non-hydrogen) atoms. The van der Waals surface area contributed by atoms with Gasteiger partial charge in [-0.3, -0.25) is 9.59 Å². The first-order valence-electron chi connectivity index (χ1n) is 9.87. The van der Waals surface area contributed by atoms with Crippen LogP contribution in [0, 0.1) is 32.4 Å². The number of benzene rings is 3. The molecule has 7 heteroatoms. The molecule has 0 fully saturated rings. The van der Waals surface area contributed by atoms with Gasteiger partial charge in [-0.2, -0.15) is 0 Å². The molecule has 2 amide bonds. The Labute approximate surface area is 189 Å². The largest absolute Gasteiger partial charge is 0.350 e. The highest BCUT2D eigenvalue weighted by Gasteiger charge is 2.41. The lowest BCUT2D eigenvalue weighted by molar-refractivity contribution is -0.120. The van der Waals surface area contributed by atoms with Gasteiger partial charge in [0.2, 0.25) is 0 Å². The lowest BCUT2D eigenvalue weighted by atomic mass is 9.99. The fourth-order valence-corrected chi connectivity index (χ4v) is 3.74. The van der Waals surface area contributed by atoms with Crippen molar-refractivity contribution in [2.45, 2.75) is 20.8 Å². The predicted molar refractivity (Wildman–Crippen MR) is 121 cm³/mol. The molecule has 3 aromatic carbocycles. The molecule has 0 bridgehead atoms. The molecule has 4 nitrogen and oxygen atoms in total. The van der Waals surface area contributed by atoms with Crippen molar-refractivity contribution >= 4 is 40.4 Å². The first-order chi connectivity index (χ1) is 15.2. The number of hydrogen-bond donors (Lipinski definition) is 1. The van der Waals surface area contributed by atoms with Crippen LogP contribution in [0.1, 0.15) is 22.3 Å². The maximum absolute atomic E-state index is 14.5. The minimum absolute atomic E-state index is 0.0349. The Morgan fingerprint density at radius 1 is 0.875 bits per heavy atom. The first kappa shape index (κ1) is 21.7. The molecule has 1 aliphatic heterocycles. The summed E-state index contributed by atoms with van der Waals surface area (Å²) in [5, 5.41) is 3.49. The zero-order valence-electron chi connectivity index (χ0n) is 17.6. The fraction of sp³-hybridized carbons (Fsp3) is 0.120. The zero-order valence-corrected chi connectivity index (χ0v) is 18.3. The summed E-state index contributed by atoms with van der Waals surface area (Å²) in [6.07, 6.45) is 0. The molecule has 1 N–H and O–H groups in total. The van der Waals surface area contributed by atoms with Gasteiger partial charge in [-0.15, -0.1) is 0 Å². The van der Waals surface area contributed by atoms with Gasteiger partial charge in [-0.05, 0) is 67.3 Å². The smallest absolute Gasteiger partial charge is 0.282 e. The Morgan fingerprint density at radius 3 is 2.34 bits per heavy atom. The van der Waals surface area contributed by atoms with E-state index < -0.39 is 29.1 Å². The number of carbonyl (C=O) groups excluding carboxylic acids is 2. The van der Waals surface area contributed by atoms with Crippen LogP contribution in [0.4, 0.5) is 20.2 Å². The van der Waals surface area contributed by atoms with Crippen molar-refractivity contribution in [2.75, 3.05) is 10.2 Å². The van der Waals surface area contributed by atoms with Crippen molar-refractivity contribution < 1.29 is 18.4 Å². The molecule has 0 aliphatic carbocycles. The van der Waals surface area contributed by atoms with Gasteiger partial charge in [0.15, 0.2) is 0 Å². The summed E-state index contributed by atoms with van der Waals surface area (Å²) in [4.78, 5) is 27.5. The molecule has 1 heterocycles. The van der Waals surface area contributed by atoms with Gasteiger partial charge in [-0.25, -0.2) is 13.7 Å². The van der Waals surface area contributed by atoms with Gasteiger partial charge < -0.3 is 5.32 Å². The normalized spacial score (nSPS) is 13.9. The van der Waals surface area contributed by atoms with Crippen LogP contribution in [0.3, 0.4) is 0 Å². The predicted octanol–water partition coefficient (Wildman–Crippen LogP) is 5.94. The Hall–Kier alpha value is -3.51. The molecular formula is C25H19ClF2N2O2. The third kappa shape index (κ3) is 3.67. The van der Waals surface area contributed by atoms with E-state index in [9.17, 15) is 18.4 Å². The zero-order chi connectivity index (χ0) is 23.2. The molecule has 1 aliphatic rings. The number of aryl methyl sites for hydroxylation is 2. The van der Waals surface area contributed by atoms with Crippen LogP contribution in [0.2, 0.25) is 5.02 Å². The number of rotatable bonds is 4. The molecule has 4 rings (SSSR count). The van der Waals surface area contributed by atoms with Crippen molar-refractivity contribution in [2.24, 2.45) is 0 Å². The van der Waals surface area contributed by atoms with Crippen LogP contribution < -0.4 is 10.2 Å². The quantitative estimate of drug-likeness (QED) is 0.498. The lowest BCUT2D eigenvalue weighted by Crippen LogP contribution is -2.33. The highest BCUT2D eigenvalue weighted by Crippen LogP contribution is 2.36. The Bertz CT molecular complexity index is 1320. The molecular weight excluding hydrogens is 434 g/mol. The average molecular weight is 453 g/mol. The average Bonchev–Trinajstić information content (AvgIpc) is 2.99. The van der Waals surface area contributed by atoms with Gasteiger partial charge in [0.05, 0.1) is 11.3 Å². The highest BCUT2D eigenvalue weighted by atomic mass is 35.5. The topological polar surface area (TPSA) is 49.4 Å². The molecule has 0 aromatic heterocycles. The number of hydrogen-bond acceptors (Lipinski definition) is 3. The molecule has 0 atom stereocenters. The van der Waals surface area contributed by atoms with Crippen LogP contribution in [0.25, 0.3) is 5.57 Å². The number of halogens is 3. The summed E-state index contributed by atoms with van der Waals surface area (Å²) < 4.78 is 28.4. The molecule has 0 spiro atoms. The Kier molecular flexibility index (Phi) is 5.57. The SMILES string of the molecule is Cc1ccc(C2=C(Nc3cccc(Cl)c3C)C(=O)N(c3cc(F)ccc3F)C2=O)cc1C. The van der Waals surface area contributed by atoms with Crippen molar-refractivity contribution in [1.29, 1.82) is 0 Å². The van der Waals surface area contributed by atoms with E-state index in [1.165, 1.54) is 0 Å². The third-order valence-corrected chi connectivity index (χ3v) is 5.97. The van der Waals surface area contributed by atoms with Crippen LogP contribution in [-0.2, 0) is 9.59 Å². The van der Waals surface area contributed by atoms with Crippen molar-refractivity contribution in [1.82, 2.24) is 0 Å². The minimum atomic E-state index is -0.882. The first-order valence-corrected chi connectivity index (χ1v) is 10.2. The summed E-state index contributed by atoms with van der Waals surface area (Å²) in [5.74, 6) is -3.17. The van der Waals surface area contributed by atoms with Crippen molar-refractivity contribution in [3.63, 3.8) is 0 Å². The minimum Gasteiger partial charge on any atom is -0.350 e. The van der Waals surface area contributed by atoms with E-state index in [0.717, 1.165) is 29.3 Å². The maximum Gasteiger partial charge on any atom is 0.282 e. The molecule has 162 valence electrons. The van der Waals surface area contributed by atoms with E-state index in [2.05, 4.69) is 5.32 Å². The van der Waals surface area contributed by atoms with E-state index in [1.807, 2.05) is 19.9 Å². The third-order valence-electron chi connectivity index (χ3n) is 5.56. The molecule has 0 saturated carbocycles. The van der Waals surface area contributed by atoms with E-state index in [-0.39, 0.29) is 11.3 Å². The number of carbonyl (C=O) groups is 2. The second-order valence-corrected chi connectivity index (χ2v) is 8.04. The summed E-state index contributed by atoms with van der Waals surface area (Å²) >= 11 is 6.21. The summed E-state index contributed by atoms with van der Waals surface area (Å²) in [6, 6.07) is 13.1. The standard InChI is InChI=1S/C25H19ClF2N2O2/c1-13-7-8-16(11-14(13)2)22-23(29-20-6-4-5-18(26)15(20)3)25(32)30(24(22)31)21-12-17(27)9-10-19(21)28/h4-12,29H,1-3H3. The van der Waals surface area contributed by atoms with E-state index in [0.29, 0.717) is 26.7 Å². The van der Waals surface area contributed by atoms with Crippen molar-refractivity contribution in [3.8, 4) is 0 Å². The van der Waals surface area contributed by atoms with Crippen LogP contribution in [-0.4, -0.2) is 11.8 Å². The summed E-state index contributed by atoms with van der Waals surface area (Å²) in [7, 11) is 0. The summed E-state index contributed by atoms with van der Waals surface area (Å²) in [5.41, 5.74) is 3.22. The Balaban J connectivity index is 1.90. The van der Waals surface area contributed by atoms with Crippen LogP contribution in [0.5, 0.6) is 0 Å². The van der Waals surface area contributed by atoms with Gasteiger partial charge in [0.25, 0.3) is 11.8 Å². The van der Waals surface area contributed by atoms with Gasteiger partial charge in [0.1, 0.15) is 17.3 Å². The monoisotopic (exact) mass is 452 g/mol. The number of nitrogens with zero attached hydrogens (tertiary/aromatic N) is 1. The summed E-state index contributed by atoms with van der Waals surface area (Å²) in [6.45, 7) is 5.59. The maximum atomic E-state index is 14.5. The highest BCUT2D eigenvalue weighted by molar-refractivity contribution is 6.46. The molecule has 3 aromatic rings. The van der Waals surface area contributed by atoms with E-state index >= 15 is 0 Å². The number of nitrogens with one attached hydrogen (secondary N) is 1. The Morgan fingerprint density at radius 2 is 1.62 bits per heavy atom. The number of imide groups is 1. The van der Waals surface area contributed by atoms with Gasteiger partial charge >= 0.3 is 0 Å². The molecule has 0 saturated heterocycles. The van der Waals surface area contributed by atoms with Crippen molar-refractivity contribution in [3.05, 3.63) is 99.2 Å².